The Morgan fingerprint density at radius 3 is 2.39 bits per heavy atom. The molecular formula is C18H20N2O2S. The zero-order valence-corrected chi connectivity index (χ0v) is 14.0. The Bertz CT molecular complexity index is 812. The van der Waals surface area contributed by atoms with Crippen LogP contribution in [0.4, 0.5) is 0 Å². The highest BCUT2D eigenvalue weighted by atomic mass is 32.2. The van der Waals surface area contributed by atoms with Crippen molar-refractivity contribution in [3.8, 4) is 0 Å². The van der Waals surface area contributed by atoms with Crippen LogP contribution in [0.2, 0.25) is 0 Å². The fourth-order valence-corrected chi connectivity index (χ4v) is 3.57. The van der Waals surface area contributed by atoms with Crippen molar-refractivity contribution in [1.82, 2.24) is 4.83 Å². The van der Waals surface area contributed by atoms with E-state index in [1.54, 1.807) is 24.3 Å². The predicted octanol–water partition coefficient (Wildman–Crippen LogP) is 3.45. The Hall–Kier alpha value is -2.14. The lowest BCUT2D eigenvalue weighted by Crippen LogP contribution is -2.20. The summed E-state index contributed by atoms with van der Waals surface area (Å²) in [5.74, 6) is 0.766. The fraction of sp³-hybridized carbons (Fsp3) is 0.278. The van der Waals surface area contributed by atoms with Crippen molar-refractivity contribution < 1.29 is 8.42 Å². The monoisotopic (exact) mass is 328 g/mol. The third-order valence-electron chi connectivity index (χ3n) is 4.23. The molecule has 0 bridgehead atoms. The van der Waals surface area contributed by atoms with Gasteiger partial charge in [0.05, 0.1) is 4.90 Å². The van der Waals surface area contributed by atoms with Gasteiger partial charge in [0.15, 0.2) is 0 Å². The lowest BCUT2D eigenvalue weighted by atomic mass is 10.1. The largest absolute Gasteiger partial charge is 0.276 e. The van der Waals surface area contributed by atoms with E-state index in [-0.39, 0.29) is 4.90 Å². The third kappa shape index (κ3) is 3.62. The van der Waals surface area contributed by atoms with Crippen molar-refractivity contribution in [3.63, 3.8) is 0 Å². The van der Waals surface area contributed by atoms with Crippen LogP contribution >= 0.6 is 0 Å². The Labute approximate surface area is 137 Å². The minimum absolute atomic E-state index is 0.232. The van der Waals surface area contributed by atoms with Crippen LogP contribution < -0.4 is 4.83 Å². The van der Waals surface area contributed by atoms with Gasteiger partial charge in [0, 0.05) is 11.6 Å². The summed E-state index contributed by atoms with van der Waals surface area (Å²) in [6, 6.07) is 17.0. The first kappa shape index (κ1) is 15.7. The van der Waals surface area contributed by atoms with E-state index in [1.165, 1.54) is 5.56 Å². The fourth-order valence-electron chi connectivity index (χ4n) is 2.71. The van der Waals surface area contributed by atoms with E-state index in [1.807, 2.05) is 32.0 Å². The third-order valence-corrected chi connectivity index (χ3v) is 5.45. The molecule has 2 aromatic rings. The van der Waals surface area contributed by atoms with Gasteiger partial charge in [-0.2, -0.15) is 13.5 Å². The molecule has 0 amide bonds. The highest BCUT2D eigenvalue weighted by Gasteiger charge is 2.40. The highest BCUT2D eigenvalue weighted by Crippen LogP contribution is 2.48. The lowest BCUT2D eigenvalue weighted by molar-refractivity contribution is 0.584. The van der Waals surface area contributed by atoms with Crippen molar-refractivity contribution in [2.75, 3.05) is 0 Å². The minimum Gasteiger partial charge on any atom is -0.200 e. The number of benzene rings is 2. The molecule has 0 radical (unpaired) electrons. The normalized spacial score (nSPS) is 21.0. The summed E-state index contributed by atoms with van der Waals surface area (Å²) < 4.78 is 24.4. The second-order valence-corrected chi connectivity index (χ2v) is 7.68. The number of hydrazone groups is 1. The average Bonchev–Trinajstić information content (AvgIpc) is 3.35. The first-order valence-electron chi connectivity index (χ1n) is 7.65. The molecule has 23 heavy (non-hydrogen) atoms. The summed E-state index contributed by atoms with van der Waals surface area (Å²) in [7, 11) is -3.60. The highest BCUT2D eigenvalue weighted by molar-refractivity contribution is 7.89. The Kier molecular flexibility index (Phi) is 4.22. The molecule has 1 aliphatic rings. The summed E-state index contributed by atoms with van der Waals surface area (Å²) in [5.41, 5.74) is 3.13. The van der Waals surface area contributed by atoms with Gasteiger partial charge in [0.2, 0.25) is 0 Å². The molecule has 0 unspecified atom stereocenters. The van der Waals surface area contributed by atoms with Gasteiger partial charge in [-0.25, -0.2) is 4.83 Å². The van der Waals surface area contributed by atoms with Gasteiger partial charge < -0.3 is 0 Å². The summed E-state index contributed by atoms with van der Waals surface area (Å²) in [6.45, 7) is 3.80. The predicted molar refractivity (Wildman–Crippen MR) is 91.9 cm³/mol. The van der Waals surface area contributed by atoms with Crippen molar-refractivity contribution >= 4 is 15.7 Å². The topological polar surface area (TPSA) is 58.5 Å². The second-order valence-electron chi connectivity index (χ2n) is 6.02. The lowest BCUT2D eigenvalue weighted by Gasteiger charge is -2.06. The quantitative estimate of drug-likeness (QED) is 0.675. The van der Waals surface area contributed by atoms with E-state index in [0.717, 1.165) is 17.7 Å². The number of rotatable bonds is 5. The van der Waals surface area contributed by atoms with Gasteiger partial charge in [-0.15, -0.1) is 0 Å². The zero-order chi connectivity index (χ0) is 16.4. The molecule has 4 nitrogen and oxygen atoms in total. The molecule has 2 aromatic carbocycles. The standard InChI is InChI=1S/C18H20N2O2S/c1-13-8-10-16(11-9-13)23(21,22)20-19-14(2)17-12-18(17)15-6-4-3-5-7-15/h3-11,17-18,20H,12H2,1-2H3/b19-14+/t17-,18-/m1/s1. The maximum absolute atomic E-state index is 12.2. The summed E-state index contributed by atoms with van der Waals surface area (Å²) in [5, 5.41) is 4.11. The molecule has 0 aliphatic heterocycles. The molecule has 1 saturated carbocycles. The molecule has 0 aromatic heterocycles. The average molecular weight is 328 g/mol. The Balaban J connectivity index is 1.67. The van der Waals surface area contributed by atoms with E-state index in [4.69, 9.17) is 0 Å². The SMILES string of the molecule is C/C(=N\NS(=O)(=O)c1ccc(C)cc1)[C@H]1C[C@@H]1c1ccccc1. The summed E-state index contributed by atoms with van der Waals surface area (Å²) in [6.07, 6.45) is 1.02. The number of nitrogens with one attached hydrogen (secondary N) is 1. The van der Waals surface area contributed by atoms with Crippen molar-refractivity contribution in [2.24, 2.45) is 11.0 Å². The number of aryl methyl sites for hydroxylation is 1. The summed E-state index contributed by atoms with van der Waals surface area (Å²) in [4.78, 5) is 2.58. The van der Waals surface area contributed by atoms with E-state index in [2.05, 4.69) is 22.1 Å². The van der Waals surface area contributed by atoms with Crippen molar-refractivity contribution in [1.29, 1.82) is 0 Å². The maximum atomic E-state index is 12.2. The van der Waals surface area contributed by atoms with Gasteiger partial charge >= 0.3 is 0 Å². The molecular weight excluding hydrogens is 308 g/mol. The molecule has 0 spiro atoms. The van der Waals surface area contributed by atoms with E-state index < -0.39 is 10.0 Å². The summed E-state index contributed by atoms with van der Waals surface area (Å²) >= 11 is 0. The molecule has 2 atom stereocenters. The Morgan fingerprint density at radius 1 is 1.09 bits per heavy atom. The molecule has 1 fully saturated rings. The van der Waals surface area contributed by atoms with Crippen molar-refractivity contribution in [2.45, 2.75) is 31.1 Å². The molecule has 1 aliphatic carbocycles. The number of sulfonamides is 1. The Morgan fingerprint density at radius 2 is 1.74 bits per heavy atom. The molecule has 3 rings (SSSR count). The molecule has 5 heteroatoms. The van der Waals surface area contributed by atoms with Crippen LogP contribution in [0.5, 0.6) is 0 Å². The number of hydrogen-bond donors (Lipinski definition) is 1. The maximum Gasteiger partial charge on any atom is 0.276 e. The zero-order valence-electron chi connectivity index (χ0n) is 13.2. The van der Waals surface area contributed by atoms with Crippen LogP contribution in [0.25, 0.3) is 0 Å². The van der Waals surface area contributed by atoms with Crippen LogP contribution in [0, 0.1) is 12.8 Å². The second kappa shape index (κ2) is 6.16. The van der Waals surface area contributed by atoms with Crippen molar-refractivity contribution in [3.05, 3.63) is 65.7 Å². The minimum atomic E-state index is -3.60. The first-order chi connectivity index (χ1) is 11.0. The molecule has 1 N–H and O–H groups in total. The van der Waals surface area contributed by atoms with E-state index >= 15 is 0 Å². The van der Waals surface area contributed by atoms with Crippen LogP contribution in [-0.4, -0.2) is 14.1 Å². The smallest absolute Gasteiger partial charge is 0.200 e. The van der Waals surface area contributed by atoms with Gasteiger partial charge in [-0.1, -0.05) is 48.0 Å². The molecule has 0 saturated heterocycles. The molecule has 0 heterocycles. The molecule has 120 valence electrons. The number of nitrogens with zero attached hydrogens (tertiary/aromatic N) is 1. The van der Waals surface area contributed by atoms with E-state index in [0.29, 0.717) is 11.8 Å². The van der Waals surface area contributed by atoms with Gasteiger partial charge in [0.1, 0.15) is 0 Å². The van der Waals surface area contributed by atoms with Crippen LogP contribution in [0.3, 0.4) is 0 Å². The van der Waals surface area contributed by atoms with Gasteiger partial charge in [-0.3, -0.25) is 0 Å². The number of hydrogen-bond acceptors (Lipinski definition) is 3. The van der Waals surface area contributed by atoms with Crippen LogP contribution in [0.15, 0.2) is 64.6 Å². The van der Waals surface area contributed by atoms with Crippen LogP contribution in [-0.2, 0) is 10.0 Å². The van der Waals surface area contributed by atoms with E-state index in [9.17, 15) is 8.42 Å². The van der Waals surface area contributed by atoms with Crippen LogP contribution in [0.1, 0.15) is 30.4 Å². The first-order valence-corrected chi connectivity index (χ1v) is 9.13. The van der Waals surface area contributed by atoms with Gasteiger partial charge in [0.25, 0.3) is 10.0 Å². The van der Waals surface area contributed by atoms with Gasteiger partial charge in [-0.05, 0) is 43.9 Å².